The predicted molar refractivity (Wildman–Crippen MR) is 71.8 cm³/mol. The van der Waals surface area contributed by atoms with Crippen molar-refractivity contribution in [3.8, 4) is 11.5 Å². The van der Waals surface area contributed by atoms with Crippen LogP contribution in [-0.4, -0.2) is 13.5 Å². The van der Waals surface area contributed by atoms with E-state index in [2.05, 4.69) is 0 Å². The zero-order valence-corrected chi connectivity index (χ0v) is 11.7. The van der Waals surface area contributed by atoms with Gasteiger partial charge in [-0.2, -0.15) is 8.42 Å². The fourth-order valence-corrected chi connectivity index (χ4v) is 2.95. The fourth-order valence-electron chi connectivity index (χ4n) is 1.79. The molecular formula is C14H13FO4S. The Morgan fingerprint density at radius 3 is 2.45 bits per heavy atom. The summed E-state index contributed by atoms with van der Waals surface area (Å²) >= 11 is 0. The Balaban J connectivity index is 2.43. The van der Waals surface area contributed by atoms with Crippen LogP contribution >= 0.6 is 0 Å². The molecule has 0 amide bonds. The average Bonchev–Trinajstić information content (AvgIpc) is 2.30. The molecule has 0 heterocycles. The lowest BCUT2D eigenvalue weighted by Crippen LogP contribution is -2.11. The SMILES string of the molecule is Cc1cc(O)cc(OS(=O)(=O)c2cc(F)ccc2C)c1. The third-order valence-electron chi connectivity index (χ3n) is 2.66. The lowest BCUT2D eigenvalue weighted by atomic mass is 10.2. The number of halogens is 1. The van der Waals surface area contributed by atoms with Crippen molar-refractivity contribution < 1.29 is 22.1 Å². The Bertz CT molecular complexity index is 734. The molecule has 0 saturated heterocycles. The van der Waals surface area contributed by atoms with Crippen LogP contribution in [0.15, 0.2) is 41.3 Å². The summed E-state index contributed by atoms with van der Waals surface area (Å²) in [7, 11) is -4.15. The van der Waals surface area contributed by atoms with Crippen molar-refractivity contribution in [3.05, 3.63) is 53.3 Å². The minimum Gasteiger partial charge on any atom is -0.508 e. The number of rotatable bonds is 3. The summed E-state index contributed by atoms with van der Waals surface area (Å²) in [5.74, 6) is -0.790. The third kappa shape index (κ3) is 3.08. The van der Waals surface area contributed by atoms with E-state index in [0.29, 0.717) is 11.1 Å². The highest BCUT2D eigenvalue weighted by Crippen LogP contribution is 2.26. The molecule has 0 saturated carbocycles. The second-order valence-corrected chi connectivity index (χ2v) is 5.97. The number of benzene rings is 2. The van der Waals surface area contributed by atoms with Crippen LogP contribution in [-0.2, 0) is 10.1 Å². The van der Waals surface area contributed by atoms with Gasteiger partial charge in [-0.25, -0.2) is 4.39 Å². The van der Waals surface area contributed by atoms with Gasteiger partial charge in [0.2, 0.25) is 0 Å². The molecule has 1 N–H and O–H groups in total. The van der Waals surface area contributed by atoms with E-state index in [-0.39, 0.29) is 16.4 Å². The van der Waals surface area contributed by atoms with E-state index in [4.69, 9.17) is 4.18 Å². The van der Waals surface area contributed by atoms with Crippen LogP contribution < -0.4 is 4.18 Å². The van der Waals surface area contributed by atoms with E-state index in [1.807, 2.05) is 0 Å². The number of hydrogen-bond donors (Lipinski definition) is 1. The van der Waals surface area contributed by atoms with E-state index in [9.17, 15) is 17.9 Å². The van der Waals surface area contributed by atoms with Crippen molar-refractivity contribution in [3.63, 3.8) is 0 Å². The lowest BCUT2D eigenvalue weighted by molar-refractivity contribution is 0.462. The maximum Gasteiger partial charge on any atom is 0.339 e. The van der Waals surface area contributed by atoms with E-state index in [0.717, 1.165) is 6.07 Å². The zero-order chi connectivity index (χ0) is 14.9. The van der Waals surface area contributed by atoms with Gasteiger partial charge >= 0.3 is 10.1 Å². The van der Waals surface area contributed by atoms with Crippen LogP contribution in [0.5, 0.6) is 11.5 Å². The number of aryl methyl sites for hydroxylation is 2. The molecule has 0 bridgehead atoms. The molecule has 0 spiro atoms. The van der Waals surface area contributed by atoms with Crippen molar-refractivity contribution >= 4 is 10.1 Å². The van der Waals surface area contributed by atoms with Crippen molar-refractivity contribution in [2.45, 2.75) is 18.7 Å². The Morgan fingerprint density at radius 1 is 1.10 bits per heavy atom. The molecule has 0 atom stereocenters. The number of aromatic hydroxyl groups is 1. The summed E-state index contributed by atoms with van der Waals surface area (Å²) in [6.45, 7) is 3.23. The summed E-state index contributed by atoms with van der Waals surface area (Å²) in [4.78, 5) is -0.238. The zero-order valence-electron chi connectivity index (χ0n) is 10.9. The van der Waals surface area contributed by atoms with E-state index >= 15 is 0 Å². The van der Waals surface area contributed by atoms with Crippen LogP contribution in [0.25, 0.3) is 0 Å². The molecule has 20 heavy (non-hydrogen) atoms. The minimum absolute atomic E-state index is 0.0221. The number of phenolic OH excluding ortho intramolecular Hbond substituents is 1. The quantitative estimate of drug-likeness (QED) is 0.885. The van der Waals surface area contributed by atoms with Crippen molar-refractivity contribution in [1.82, 2.24) is 0 Å². The highest BCUT2D eigenvalue weighted by molar-refractivity contribution is 7.87. The molecule has 4 nitrogen and oxygen atoms in total. The predicted octanol–water partition coefficient (Wildman–Crippen LogP) is 2.92. The van der Waals surface area contributed by atoms with Crippen LogP contribution in [0.3, 0.4) is 0 Å². The highest BCUT2D eigenvalue weighted by Gasteiger charge is 2.20. The fraction of sp³-hybridized carbons (Fsp3) is 0.143. The van der Waals surface area contributed by atoms with E-state index in [1.54, 1.807) is 13.8 Å². The first-order valence-corrected chi connectivity index (χ1v) is 7.20. The van der Waals surface area contributed by atoms with E-state index < -0.39 is 15.9 Å². The Labute approximate surface area is 116 Å². The number of phenols is 1. The van der Waals surface area contributed by atoms with Gasteiger partial charge in [0.25, 0.3) is 0 Å². The summed E-state index contributed by atoms with van der Waals surface area (Å²) in [5.41, 5.74) is 1.02. The molecule has 2 aromatic rings. The largest absolute Gasteiger partial charge is 0.508 e. The Hall–Kier alpha value is -2.08. The van der Waals surface area contributed by atoms with Crippen molar-refractivity contribution in [1.29, 1.82) is 0 Å². The summed E-state index contributed by atoms with van der Waals surface area (Å²) < 4.78 is 42.4. The second-order valence-electron chi connectivity index (χ2n) is 4.45. The second kappa shape index (κ2) is 5.13. The molecule has 106 valence electrons. The molecule has 0 aromatic heterocycles. The van der Waals surface area contributed by atoms with E-state index in [1.165, 1.54) is 30.3 Å². The highest BCUT2D eigenvalue weighted by atomic mass is 32.2. The van der Waals surface area contributed by atoms with Crippen LogP contribution in [0, 0.1) is 19.7 Å². The van der Waals surface area contributed by atoms with Gasteiger partial charge in [0.05, 0.1) is 0 Å². The number of hydrogen-bond acceptors (Lipinski definition) is 4. The smallest absolute Gasteiger partial charge is 0.339 e. The average molecular weight is 296 g/mol. The maximum absolute atomic E-state index is 13.2. The molecular weight excluding hydrogens is 283 g/mol. The standard InChI is InChI=1S/C14H13FO4S/c1-9-5-12(16)8-13(6-9)19-20(17,18)14-7-11(15)4-3-10(14)2/h3-8,16H,1-2H3. The van der Waals surface area contributed by atoms with Gasteiger partial charge in [-0.3, -0.25) is 0 Å². The molecule has 0 aliphatic rings. The summed E-state index contributed by atoms with van der Waals surface area (Å²) in [5, 5.41) is 9.43. The molecule has 2 rings (SSSR count). The van der Waals surface area contributed by atoms with Crippen LogP contribution in [0.4, 0.5) is 4.39 Å². The maximum atomic E-state index is 13.2. The topological polar surface area (TPSA) is 63.6 Å². The summed E-state index contributed by atoms with van der Waals surface area (Å²) in [6, 6.07) is 7.55. The van der Waals surface area contributed by atoms with Gasteiger partial charge < -0.3 is 9.29 Å². The molecule has 0 aliphatic heterocycles. The molecule has 2 aromatic carbocycles. The van der Waals surface area contributed by atoms with Crippen LogP contribution in [0.1, 0.15) is 11.1 Å². The van der Waals surface area contributed by atoms with Crippen molar-refractivity contribution in [2.24, 2.45) is 0 Å². The first-order valence-electron chi connectivity index (χ1n) is 5.79. The van der Waals surface area contributed by atoms with Gasteiger partial charge in [-0.1, -0.05) is 6.07 Å². The van der Waals surface area contributed by atoms with Gasteiger partial charge in [-0.05, 0) is 49.2 Å². The first-order chi connectivity index (χ1) is 9.28. The normalized spacial score (nSPS) is 11.3. The van der Waals surface area contributed by atoms with Gasteiger partial charge in [0, 0.05) is 6.07 Å². The Kier molecular flexibility index (Phi) is 3.67. The molecule has 0 aliphatic carbocycles. The monoisotopic (exact) mass is 296 g/mol. The third-order valence-corrected chi connectivity index (χ3v) is 4.05. The van der Waals surface area contributed by atoms with Crippen molar-refractivity contribution in [2.75, 3.05) is 0 Å². The minimum atomic E-state index is -4.15. The first kappa shape index (κ1) is 14.3. The molecule has 6 heteroatoms. The summed E-state index contributed by atoms with van der Waals surface area (Å²) in [6.07, 6.45) is 0. The molecule has 0 fully saturated rings. The van der Waals surface area contributed by atoms with Gasteiger partial charge in [0.1, 0.15) is 22.2 Å². The van der Waals surface area contributed by atoms with Gasteiger partial charge in [0.15, 0.2) is 0 Å². The lowest BCUT2D eigenvalue weighted by Gasteiger charge is -2.10. The molecule has 0 radical (unpaired) electrons. The molecule has 0 unspecified atom stereocenters. The van der Waals surface area contributed by atoms with Crippen LogP contribution in [0.2, 0.25) is 0 Å². The Morgan fingerprint density at radius 2 is 1.80 bits per heavy atom. The van der Waals surface area contributed by atoms with Gasteiger partial charge in [-0.15, -0.1) is 0 Å².